The van der Waals surface area contributed by atoms with Gasteiger partial charge in [0.05, 0.1) is 29.5 Å². The standard InChI is InChI=1S/C21H22N4O3/c1-13-14(2)25-19-12-16(7-8-18(19)24-13)21(27)23-10-9-22-20(26)15-5-4-6-17(11-15)28-3/h4-8,11-12H,9-10H2,1-3H3,(H,22,26)(H,23,27). The van der Waals surface area contributed by atoms with Crippen LogP contribution in [-0.2, 0) is 0 Å². The number of aryl methyl sites for hydroxylation is 2. The molecule has 28 heavy (non-hydrogen) atoms. The van der Waals surface area contributed by atoms with E-state index in [1.807, 2.05) is 13.8 Å². The van der Waals surface area contributed by atoms with Crippen LogP contribution in [0.4, 0.5) is 0 Å². The summed E-state index contributed by atoms with van der Waals surface area (Å²) in [6.07, 6.45) is 0. The summed E-state index contributed by atoms with van der Waals surface area (Å²) in [6, 6.07) is 12.1. The molecule has 0 aliphatic rings. The second kappa shape index (κ2) is 8.47. The van der Waals surface area contributed by atoms with E-state index in [2.05, 4.69) is 20.6 Å². The maximum absolute atomic E-state index is 12.3. The zero-order chi connectivity index (χ0) is 20.1. The summed E-state index contributed by atoms with van der Waals surface area (Å²) in [5.41, 5.74) is 4.16. The smallest absolute Gasteiger partial charge is 0.251 e. The molecule has 144 valence electrons. The average Bonchev–Trinajstić information content (AvgIpc) is 2.71. The Balaban J connectivity index is 1.54. The van der Waals surface area contributed by atoms with Crippen molar-refractivity contribution in [2.45, 2.75) is 13.8 Å². The highest BCUT2D eigenvalue weighted by atomic mass is 16.5. The highest BCUT2D eigenvalue weighted by molar-refractivity contribution is 5.97. The molecule has 0 saturated heterocycles. The van der Waals surface area contributed by atoms with Gasteiger partial charge in [0.15, 0.2) is 0 Å². The van der Waals surface area contributed by atoms with Crippen LogP contribution in [0.2, 0.25) is 0 Å². The number of benzene rings is 2. The molecule has 7 nitrogen and oxygen atoms in total. The van der Waals surface area contributed by atoms with Crippen LogP contribution in [-0.4, -0.2) is 42.0 Å². The van der Waals surface area contributed by atoms with Crippen LogP contribution in [0.3, 0.4) is 0 Å². The van der Waals surface area contributed by atoms with Crippen molar-refractivity contribution in [1.82, 2.24) is 20.6 Å². The Hall–Kier alpha value is -3.48. The van der Waals surface area contributed by atoms with E-state index >= 15 is 0 Å². The van der Waals surface area contributed by atoms with E-state index in [4.69, 9.17) is 4.74 Å². The van der Waals surface area contributed by atoms with Gasteiger partial charge in [0.1, 0.15) is 5.75 Å². The molecule has 0 saturated carbocycles. The van der Waals surface area contributed by atoms with E-state index in [0.717, 1.165) is 16.9 Å². The normalized spacial score (nSPS) is 10.5. The van der Waals surface area contributed by atoms with Crippen molar-refractivity contribution in [3.8, 4) is 5.75 Å². The molecule has 3 rings (SSSR count). The van der Waals surface area contributed by atoms with Crippen LogP contribution < -0.4 is 15.4 Å². The Morgan fingerprint density at radius 1 is 0.857 bits per heavy atom. The number of rotatable bonds is 6. The Kier molecular flexibility index (Phi) is 5.84. The number of nitrogens with zero attached hydrogens (tertiary/aromatic N) is 2. The molecule has 2 N–H and O–H groups in total. The molecular weight excluding hydrogens is 356 g/mol. The Morgan fingerprint density at radius 3 is 2.11 bits per heavy atom. The third-order valence-corrected chi connectivity index (χ3v) is 4.37. The minimum absolute atomic E-state index is 0.222. The lowest BCUT2D eigenvalue weighted by molar-refractivity contribution is 0.0927. The van der Waals surface area contributed by atoms with E-state index < -0.39 is 0 Å². The molecular formula is C21H22N4O3. The molecule has 0 bridgehead atoms. The topological polar surface area (TPSA) is 93.2 Å². The summed E-state index contributed by atoms with van der Waals surface area (Å²) in [6.45, 7) is 4.42. The lowest BCUT2D eigenvalue weighted by Crippen LogP contribution is -2.34. The number of hydrogen-bond donors (Lipinski definition) is 2. The Morgan fingerprint density at radius 2 is 1.46 bits per heavy atom. The fourth-order valence-corrected chi connectivity index (χ4v) is 2.69. The van der Waals surface area contributed by atoms with Gasteiger partial charge in [0.25, 0.3) is 11.8 Å². The molecule has 0 aliphatic carbocycles. The van der Waals surface area contributed by atoms with Crippen molar-refractivity contribution in [3.05, 3.63) is 65.0 Å². The molecule has 0 aliphatic heterocycles. The Labute approximate surface area is 163 Å². The first-order chi connectivity index (χ1) is 13.5. The van der Waals surface area contributed by atoms with E-state index in [0.29, 0.717) is 35.5 Å². The van der Waals surface area contributed by atoms with Crippen molar-refractivity contribution in [3.63, 3.8) is 0 Å². The largest absolute Gasteiger partial charge is 0.497 e. The summed E-state index contributed by atoms with van der Waals surface area (Å²) in [5.74, 6) is 0.170. The number of methoxy groups -OCH3 is 1. The number of carbonyl (C=O) groups is 2. The maximum Gasteiger partial charge on any atom is 0.251 e. The first-order valence-electron chi connectivity index (χ1n) is 8.93. The van der Waals surface area contributed by atoms with Crippen molar-refractivity contribution in [2.75, 3.05) is 20.2 Å². The molecule has 2 aromatic carbocycles. The van der Waals surface area contributed by atoms with Crippen molar-refractivity contribution in [2.24, 2.45) is 0 Å². The third kappa shape index (κ3) is 4.43. The third-order valence-electron chi connectivity index (χ3n) is 4.37. The highest BCUT2D eigenvalue weighted by Crippen LogP contribution is 2.14. The van der Waals surface area contributed by atoms with Crippen LogP contribution in [0.25, 0.3) is 11.0 Å². The number of fused-ring (bicyclic) bond motifs is 1. The van der Waals surface area contributed by atoms with E-state index in [9.17, 15) is 9.59 Å². The number of ether oxygens (including phenoxy) is 1. The lowest BCUT2D eigenvalue weighted by Gasteiger charge is -2.09. The Bertz CT molecular complexity index is 1030. The molecule has 0 spiro atoms. The van der Waals surface area contributed by atoms with Crippen LogP contribution in [0.5, 0.6) is 5.75 Å². The SMILES string of the molecule is COc1cccc(C(=O)NCCNC(=O)c2ccc3nc(C)c(C)nc3c2)c1. The van der Waals surface area contributed by atoms with E-state index in [-0.39, 0.29) is 11.8 Å². The van der Waals surface area contributed by atoms with E-state index in [1.165, 1.54) is 0 Å². The predicted octanol–water partition coefficient (Wildman–Crippen LogP) is 2.42. The van der Waals surface area contributed by atoms with Crippen LogP contribution in [0.1, 0.15) is 32.1 Å². The van der Waals surface area contributed by atoms with Gasteiger partial charge >= 0.3 is 0 Å². The number of nitrogens with one attached hydrogen (secondary N) is 2. The molecule has 0 fully saturated rings. The quantitative estimate of drug-likeness (QED) is 0.643. The van der Waals surface area contributed by atoms with Gasteiger partial charge in [-0.1, -0.05) is 6.07 Å². The minimum Gasteiger partial charge on any atom is -0.497 e. The minimum atomic E-state index is -0.224. The molecule has 3 aromatic rings. The van der Waals surface area contributed by atoms with Gasteiger partial charge in [0, 0.05) is 24.2 Å². The number of hydrogen-bond acceptors (Lipinski definition) is 5. The summed E-state index contributed by atoms with van der Waals surface area (Å²) in [4.78, 5) is 33.4. The second-order valence-electron chi connectivity index (χ2n) is 6.34. The van der Waals surface area contributed by atoms with Crippen molar-refractivity contribution in [1.29, 1.82) is 0 Å². The highest BCUT2D eigenvalue weighted by Gasteiger charge is 2.09. The first-order valence-corrected chi connectivity index (χ1v) is 8.93. The van der Waals surface area contributed by atoms with Gasteiger partial charge in [-0.2, -0.15) is 0 Å². The molecule has 0 radical (unpaired) electrons. The van der Waals surface area contributed by atoms with Gasteiger partial charge in [-0.3, -0.25) is 9.59 Å². The maximum atomic E-state index is 12.3. The zero-order valence-electron chi connectivity index (χ0n) is 16.1. The molecule has 2 amide bonds. The van der Waals surface area contributed by atoms with Crippen LogP contribution >= 0.6 is 0 Å². The lowest BCUT2D eigenvalue weighted by atomic mass is 10.1. The fraction of sp³-hybridized carbons (Fsp3) is 0.238. The first kappa shape index (κ1) is 19.3. The molecule has 0 atom stereocenters. The van der Waals surface area contributed by atoms with Gasteiger partial charge in [0.2, 0.25) is 0 Å². The summed E-state index contributed by atoms with van der Waals surface area (Å²) in [7, 11) is 1.55. The number of carbonyl (C=O) groups excluding carboxylic acids is 2. The summed E-state index contributed by atoms with van der Waals surface area (Å²) >= 11 is 0. The predicted molar refractivity (Wildman–Crippen MR) is 107 cm³/mol. The number of amides is 2. The van der Waals surface area contributed by atoms with Crippen LogP contribution in [0.15, 0.2) is 42.5 Å². The van der Waals surface area contributed by atoms with Crippen molar-refractivity contribution >= 4 is 22.8 Å². The van der Waals surface area contributed by atoms with E-state index in [1.54, 1.807) is 49.6 Å². The fourth-order valence-electron chi connectivity index (χ4n) is 2.69. The van der Waals surface area contributed by atoms with Gasteiger partial charge in [-0.05, 0) is 50.2 Å². The van der Waals surface area contributed by atoms with Crippen LogP contribution in [0, 0.1) is 13.8 Å². The van der Waals surface area contributed by atoms with Gasteiger partial charge in [-0.25, -0.2) is 9.97 Å². The zero-order valence-corrected chi connectivity index (χ0v) is 16.1. The number of aromatic nitrogens is 2. The molecule has 1 aromatic heterocycles. The summed E-state index contributed by atoms with van der Waals surface area (Å²) < 4.78 is 5.11. The molecule has 1 heterocycles. The molecule has 7 heteroatoms. The molecule has 0 unspecified atom stereocenters. The van der Waals surface area contributed by atoms with Gasteiger partial charge < -0.3 is 15.4 Å². The van der Waals surface area contributed by atoms with Crippen molar-refractivity contribution < 1.29 is 14.3 Å². The summed E-state index contributed by atoms with van der Waals surface area (Å²) in [5, 5.41) is 5.56. The van der Waals surface area contributed by atoms with Gasteiger partial charge in [-0.15, -0.1) is 0 Å². The average molecular weight is 378 g/mol. The monoisotopic (exact) mass is 378 g/mol. The second-order valence-corrected chi connectivity index (χ2v) is 6.34.